The summed E-state index contributed by atoms with van der Waals surface area (Å²) in [7, 11) is 0. The van der Waals surface area contributed by atoms with E-state index in [9.17, 15) is 0 Å². The zero-order valence-electron chi connectivity index (χ0n) is 27.6. The summed E-state index contributed by atoms with van der Waals surface area (Å²) >= 11 is 0. The third kappa shape index (κ3) is 5.38. The van der Waals surface area contributed by atoms with E-state index in [0.29, 0.717) is 6.54 Å². The SMILES string of the molecule is NC(N/C(=N\Cc1ccc(-n2c3ccccc3c3ccc4c5c(oc4c32)C=CCC5)cc1)c1ccccc1)c1ccc(-c2ccccc2)cc1. The highest BCUT2D eigenvalue weighted by atomic mass is 16.3. The fraction of sp³-hybridized carbons (Fsp3) is 0.0889. The fourth-order valence-electron chi connectivity index (χ4n) is 7.23. The predicted molar refractivity (Wildman–Crippen MR) is 207 cm³/mol. The number of rotatable bonds is 7. The van der Waals surface area contributed by atoms with Gasteiger partial charge in [0.2, 0.25) is 0 Å². The molecule has 0 saturated heterocycles. The molecule has 5 heteroatoms. The Hall–Kier alpha value is -6.17. The Balaban J connectivity index is 1.03. The number of amidine groups is 1. The Kier molecular flexibility index (Phi) is 7.60. The quantitative estimate of drug-likeness (QED) is 0.103. The number of fused-ring (bicyclic) bond motifs is 7. The lowest BCUT2D eigenvalue weighted by atomic mass is 10.0. The van der Waals surface area contributed by atoms with Gasteiger partial charge in [-0.1, -0.05) is 133 Å². The minimum absolute atomic E-state index is 0.420. The van der Waals surface area contributed by atoms with Crippen LogP contribution in [0.1, 0.15) is 40.6 Å². The molecule has 242 valence electrons. The van der Waals surface area contributed by atoms with Gasteiger partial charge in [-0.15, -0.1) is 0 Å². The lowest BCUT2D eigenvalue weighted by Crippen LogP contribution is -2.34. The molecule has 0 spiro atoms. The van der Waals surface area contributed by atoms with Crippen molar-refractivity contribution in [3.8, 4) is 16.8 Å². The van der Waals surface area contributed by atoms with Crippen molar-refractivity contribution >= 4 is 44.7 Å². The summed E-state index contributed by atoms with van der Waals surface area (Å²) in [6.07, 6.45) is 5.96. The van der Waals surface area contributed by atoms with Crippen LogP contribution in [0.2, 0.25) is 0 Å². The molecule has 2 heterocycles. The van der Waals surface area contributed by atoms with Gasteiger partial charge in [0.1, 0.15) is 17.8 Å². The Morgan fingerprint density at radius 3 is 2.22 bits per heavy atom. The maximum absolute atomic E-state index is 6.72. The number of aromatic nitrogens is 1. The van der Waals surface area contributed by atoms with E-state index in [4.69, 9.17) is 15.1 Å². The van der Waals surface area contributed by atoms with Gasteiger partial charge < -0.3 is 20.0 Å². The highest BCUT2D eigenvalue weighted by Gasteiger charge is 2.21. The Morgan fingerprint density at radius 1 is 0.720 bits per heavy atom. The van der Waals surface area contributed by atoms with Crippen LogP contribution in [0.25, 0.3) is 55.7 Å². The molecule has 6 aromatic carbocycles. The van der Waals surface area contributed by atoms with Gasteiger partial charge in [0, 0.05) is 33.0 Å². The summed E-state index contributed by atoms with van der Waals surface area (Å²) in [5, 5.41) is 7.12. The Labute approximate surface area is 291 Å². The van der Waals surface area contributed by atoms with Crippen molar-refractivity contribution in [1.82, 2.24) is 9.88 Å². The van der Waals surface area contributed by atoms with Gasteiger partial charge in [-0.2, -0.15) is 0 Å². The molecule has 1 atom stereocenters. The van der Waals surface area contributed by atoms with E-state index >= 15 is 0 Å². The van der Waals surface area contributed by atoms with Crippen LogP contribution in [0.4, 0.5) is 0 Å². The zero-order chi connectivity index (χ0) is 33.4. The van der Waals surface area contributed by atoms with E-state index in [1.165, 1.54) is 27.3 Å². The summed E-state index contributed by atoms with van der Waals surface area (Å²) in [4.78, 5) is 5.06. The van der Waals surface area contributed by atoms with Crippen LogP contribution < -0.4 is 11.1 Å². The first-order chi connectivity index (χ1) is 24.7. The van der Waals surface area contributed by atoms with Gasteiger partial charge in [0.15, 0.2) is 5.58 Å². The van der Waals surface area contributed by atoms with Crippen LogP contribution in [0, 0.1) is 0 Å². The van der Waals surface area contributed by atoms with Gasteiger partial charge >= 0.3 is 0 Å². The normalized spacial score (nSPS) is 13.6. The second kappa shape index (κ2) is 12.7. The topological polar surface area (TPSA) is 68.5 Å². The molecule has 0 amide bonds. The first-order valence-electron chi connectivity index (χ1n) is 17.2. The summed E-state index contributed by atoms with van der Waals surface area (Å²) in [5.74, 6) is 1.74. The summed E-state index contributed by atoms with van der Waals surface area (Å²) in [6.45, 7) is 0.506. The largest absolute Gasteiger partial charge is 0.454 e. The first-order valence-corrected chi connectivity index (χ1v) is 17.2. The minimum Gasteiger partial charge on any atom is -0.454 e. The van der Waals surface area contributed by atoms with Crippen molar-refractivity contribution in [2.24, 2.45) is 10.7 Å². The minimum atomic E-state index is -0.420. The number of hydrogen-bond donors (Lipinski definition) is 2. The lowest BCUT2D eigenvalue weighted by Gasteiger charge is -2.18. The number of nitrogens with two attached hydrogens (primary N) is 1. The molecule has 9 rings (SSSR count). The lowest BCUT2D eigenvalue weighted by molar-refractivity contribution is 0.597. The first kappa shape index (κ1) is 29.9. The predicted octanol–water partition coefficient (Wildman–Crippen LogP) is 10.4. The number of nitrogens with zero attached hydrogens (tertiary/aromatic N) is 2. The molecular weight excluding hydrogens is 613 g/mol. The Morgan fingerprint density at radius 2 is 1.42 bits per heavy atom. The van der Waals surface area contributed by atoms with Crippen LogP contribution in [0.3, 0.4) is 0 Å². The van der Waals surface area contributed by atoms with Crippen LogP contribution in [-0.4, -0.2) is 10.4 Å². The standard InChI is InChI=1S/C45H36N4O/c46-44(33-23-21-32(22-24-33)31-11-3-1-4-12-31)48-45(34-13-5-2-6-14-34)47-29-30-19-25-35(26-20-30)49-40-17-9-7-15-36(40)38-27-28-39-37-16-8-10-18-41(37)50-43(39)42(38)49/h1-7,9-15,17-28,44H,8,16,29,46H2,(H,47,48). The number of hydrogen-bond acceptors (Lipinski definition) is 3. The molecule has 0 bridgehead atoms. The van der Waals surface area contributed by atoms with E-state index in [-0.39, 0.29) is 0 Å². The van der Waals surface area contributed by atoms with Crippen LogP contribution in [0.15, 0.2) is 161 Å². The third-order valence-electron chi connectivity index (χ3n) is 9.79. The van der Waals surface area contributed by atoms with Crippen LogP contribution >= 0.6 is 0 Å². The van der Waals surface area contributed by atoms with Crippen molar-refractivity contribution in [1.29, 1.82) is 0 Å². The molecule has 5 nitrogen and oxygen atoms in total. The van der Waals surface area contributed by atoms with E-state index in [1.54, 1.807) is 0 Å². The molecule has 3 N–H and O–H groups in total. The van der Waals surface area contributed by atoms with Gasteiger partial charge in [-0.25, -0.2) is 0 Å². The number of furan rings is 1. The van der Waals surface area contributed by atoms with Crippen LogP contribution in [0.5, 0.6) is 0 Å². The van der Waals surface area contributed by atoms with Gasteiger partial charge in [0.25, 0.3) is 0 Å². The molecule has 8 aromatic rings. The van der Waals surface area contributed by atoms with Gasteiger partial charge in [0.05, 0.1) is 17.6 Å². The molecule has 0 aliphatic heterocycles. The number of aryl methyl sites for hydroxylation is 1. The van der Waals surface area contributed by atoms with Crippen molar-refractivity contribution in [3.63, 3.8) is 0 Å². The number of benzene rings is 6. The smallest absolute Gasteiger partial charge is 0.159 e. The maximum Gasteiger partial charge on any atom is 0.159 e. The monoisotopic (exact) mass is 648 g/mol. The van der Waals surface area contributed by atoms with Crippen molar-refractivity contribution < 1.29 is 4.42 Å². The summed E-state index contributed by atoms with van der Waals surface area (Å²) in [5.41, 5.74) is 17.8. The average Bonchev–Trinajstić information content (AvgIpc) is 3.73. The van der Waals surface area contributed by atoms with Crippen LogP contribution in [-0.2, 0) is 13.0 Å². The van der Waals surface area contributed by atoms with Gasteiger partial charge in [-0.3, -0.25) is 4.99 Å². The molecule has 1 unspecified atom stereocenters. The molecule has 1 aliphatic rings. The highest BCUT2D eigenvalue weighted by Crippen LogP contribution is 2.40. The van der Waals surface area contributed by atoms with Crippen molar-refractivity contribution in [2.75, 3.05) is 0 Å². The number of allylic oxidation sites excluding steroid dienone is 1. The summed E-state index contributed by atoms with van der Waals surface area (Å²) in [6, 6.07) is 50.8. The van der Waals surface area contributed by atoms with E-state index < -0.39 is 6.17 Å². The Bertz CT molecular complexity index is 2520. The maximum atomic E-state index is 6.72. The van der Waals surface area contributed by atoms with E-state index in [1.807, 2.05) is 24.3 Å². The van der Waals surface area contributed by atoms with Crippen molar-refractivity contribution in [3.05, 3.63) is 180 Å². The molecule has 2 aromatic heterocycles. The second-order valence-electron chi connectivity index (χ2n) is 12.9. The zero-order valence-corrected chi connectivity index (χ0v) is 27.6. The second-order valence-corrected chi connectivity index (χ2v) is 12.9. The van der Waals surface area contributed by atoms with Crippen molar-refractivity contribution in [2.45, 2.75) is 25.6 Å². The molecule has 50 heavy (non-hydrogen) atoms. The molecular formula is C45H36N4O. The molecule has 1 aliphatic carbocycles. The number of nitrogens with one attached hydrogen (secondary N) is 1. The summed E-state index contributed by atoms with van der Waals surface area (Å²) < 4.78 is 8.92. The molecule has 0 fully saturated rings. The van der Waals surface area contributed by atoms with E-state index in [2.05, 4.69) is 143 Å². The number of aliphatic imine (C=N–C) groups is 1. The van der Waals surface area contributed by atoms with Gasteiger partial charge in [-0.05, 0) is 59.4 Å². The van der Waals surface area contributed by atoms with E-state index in [0.717, 1.165) is 69.0 Å². The molecule has 0 saturated carbocycles. The third-order valence-corrected chi connectivity index (χ3v) is 9.79. The average molecular weight is 649 g/mol. The highest BCUT2D eigenvalue weighted by molar-refractivity contribution is 6.17. The number of para-hydroxylation sites is 1. The molecule has 0 radical (unpaired) electrons. The fourth-order valence-corrected chi connectivity index (χ4v) is 7.23.